The Balaban J connectivity index is 1.90. The Morgan fingerprint density at radius 2 is 1.67 bits per heavy atom. The van der Waals surface area contributed by atoms with E-state index >= 15 is 0 Å². The summed E-state index contributed by atoms with van der Waals surface area (Å²) >= 11 is 0. The molecule has 0 aliphatic heterocycles. The first-order chi connectivity index (χ1) is 11.5. The molecule has 3 N–H and O–H groups in total. The second-order valence-electron chi connectivity index (χ2n) is 5.74. The standard InChI is InChI=1S/C19H23N3O2/c1-4-17(15-8-6-5-7-9-15)18(23)21-22-19(24)20-16-11-10-13(2)14(3)12-16/h5-12,17H,4H2,1-3H3,(H,21,23)(H2,20,22,24)/t17-/m0/s1. The Morgan fingerprint density at radius 3 is 2.29 bits per heavy atom. The lowest BCUT2D eigenvalue weighted by atomic mass is 9.96. The first-order valence-corrected chi connectivity index (χ1v) is 8.00. The summed E-state index contributed by atoms with van der Waals surface area (Å²) in [6.07, 6.45) is 0.649. The molecule has 0 radical (unpaired) electrons. The zero-order valence-corrected chi connectivity index (χ0v) is 14.2. The minimum atomic E-state index is -0.477. The Kier molecular flexibility index (Phi) is 5.95. The summed E-state index contributed by atoms with van der Waals surface area (Å²) in [7, 11) is 0. The van der Waals surface area contributed by atoms with Crippen LogP contribution in [0.3, 0.4) is 0 Å². The molecule has 0 saturated carbocycles. The van der Waals surface area contributed by atoms with Crippen molar-refractivity contribution < 1.29 is 9.59 Å². The van der Waals surface area contributed by atoms with E-state index in [1.54, 1.807) is 0 Å². The number of benzene rings is 2. The number of hydrazine groups is 1. The van der Waals surface area contributed by atoms with Crippen molar-refractivity contribution in [3.05, 3.63) is 65.2 Å². The van der Waals surface area contributed by atoms with Gasteiger partial charge in [-0.25, -0.2) is 10.2 Å². The van der Waals surface area contributed by atoms with Crippen molar-refractivity contribution in [1.29, 1.82) is 0 Å². The lowest BCUT2D eigenvalue weighted by Gasteiger charge is -2.16. The SMILES string of the molecule is CC[C@H](C(=O)NNC(=O)Nc1ccc(C)c(C)c1)c1ccccc1. The molecule has 0 bridgehead atoms. The van der Waals surface area contributed by atoms with Crippen molar-refractivity contribution >= 4 is 17.6 Å². The zero-order chi connectivity index (χ0) is 17.5. The maximum atomic E-state index is 12.3. The summed E-state index contributed by atoms with van der Waals surface area (Å²) in [5, 5.41) is 2.70. The molecule has 5 heteroatoms. The fraction of sp³-hybridized carbons (Fsp3) is 0.263. The molecular weight excluding hydrogens is 302 g/mol. The number of hydrogen-bond donors (Lipinski definition) is 3. The van der Waals surface area contributed by atoms with E-state index in [4.69, 9.17) is 0 Å². The summed E-state index contributed by atoms with van der Waals surface area (Å²) in [6.45, 7) is 5.92. The van der Waals surface area contributed by atoms with E-state index in [1.165, 1.54) is 0 Å². The van der Waals surface area contributed by atoms with Crippen LogP contribution in [0.4, 0.5) is 10.5 Å². The number of carbonyl (C=O) groups excluding carboxylic acids is 2. The summed E-state index contributed by atoms with van der Waals surface area (Å²) in [5.41, 5.74) is 8.73. The van der Waals surface area contributed by atoms with Crippen molar-refractivity contribution in [3.63, 3.8) is 0 Å². The Bertz CT molecular complexity index is 714. The molecular formula is C19H23N3O2. The molecule has 0 spiro atoms. The van der Waals surface area contributed by atoms with Crippen LogP contribution in [0.2, 0.25) is 0 Å². The van der Waals surface area contributed by atoms with Gasteiger partial charge in [0.25, 0.3) is 0 Å². The third-order valence-electron chi connectivity index (χ3n) is 3.99. The number of nitrogens with one attached hydrogen (secondary N) is 3. The van der Waals surface area contributed by atoms with Crippen LogP contribution < -0.4 is 16.2 Å². The van der Waals surface area contributed by atoms with Crippen LogP contribution in [0.15, 0.2) is 48.5 Å². The average molecular weight is 325 g/mol. The fourth-order valence-corrected chi connectivity index (χ4v) is 2.44. The van der Waals surface area contributed by atoms with Gasteiger partial charge in [-0.05, 0) is 49.1 Å². The molecule has 0 aliphatic rings. The van der Waals surface area contributed by atoms with Crippen molar-refractivity contribution in [2.24, 2.45) is 0 Å². The highest BCUT2D eigenvalue weighted by molar-refractivity contribution is 5.92. The lowest BCUT2D eigenvalue weighted by molar-refractivity contribution is -0.123. The maximum Gasteiger partial charge on any atom is 0.337 e. The molecule has 2 aromatic rings. The van der Waals surface area contributed by atoms with Crippen LogP contribution in [-0.4, -0.2) is 11.9 Å². The number of carbonyl (C=O) groups is 2. The van der Waals surface area contributed by atoms with E-state index in [0.717, 1.165) is 16.7 Å². The smallest absolute Gasteiger partial charge is 0.307 e. The van der Waals surface area contributed by atoms with Gasteiger partial charge in [-0.1, -0.05) is 43.3 Å². The third-order valence-corrected chi connectivity index (χ3v) is 3.99. The molecule has 5 nitrogen and oxygen atoms in total. The highest BCUT2D eigenvalue weighted by Gasteiger charge is 2.18. The van der Waals surface area contributed by atoms with Gasteiger partial charge in [-0.2, -0.15) is 0 Å². The van der Waals surface area contributed by atoms with E-state index in [1.807, 2.05) is 69.3 Å². The predicted octanol–water partition coefficient (Wildman–Crippen LogP) is 3.65. The minimum absolute atomic E-state index is 0.237. The third kappa shape index (κ3) is 4.59. The van der Waals surface area contributed by atoms with Crippen LogP contribution in [0.25, 0.3) is 0 Å². The molecule has 2 aromatic carbocycles. The monoisotopic (exact) mass is 325 g/mol. The van der Waals surface area contributed by atoms with Gasteiger partial charge in [-0.15, -0.1) is 0 Å². The van der Waals surface area contributed by atoms with Crippen LogP contribution in [-0.2, 0) is 4.79 Å². The lowest BCUT2D eigenvalue weighted by Crippen LogP contribution is -2.45. The number of aryl methyl sites for hydroxylation is 2. The van der Waals surface area contributed by atoms with Crippen molar-refractivity contribution in [2.75, 3.05) is 5.32 Å². The van der Waals surface area contributed by atoms with Crippen LogP contribution in [0.5, 0.6) is 0 Å². The molecule has 2 rings (SSSR count). The average Bonchev–Trinajstić information content (AvgIpc) is 2.58. The number of urea groups is 1. The molecule has 1 atom stereocenters. The largest absolute Gasteiger partial charge is 0.337 e. The Labute approximate surface area is 142 Å². The number of rotatable bonds is 4. The van der Waals surface area contributed by atoms with Crippen molar-refractivity contribution in [1.82, 2.24) is 10.9 Å². The van der Waals surface area contributed by atoms with Gasteiger partial charge in [0.05, 0.1) is 5.92 Å². The number of amides is 3. The fourth-order valence-electron chi connectivity index (χ4n) is 2.44. The minimum Gasteiger partial charge on any atom is -0.307 e. The maximum absolute atomic E-state index is 12.3. The molecule has 0 aliphatic carbocycles. The van der Waals surface area contributed by atoms with Gasteiger partial charge in [0.15, 0.2) is 0 Å². The summed E-state index contributed by atoms with van der Waals surface area (Å²) in [6, 6.07) is 14.7. The van der Waals surface area contributed by atoms with Crippen molar-refractivity contribution in [2.45, 2.75) is 33.1 Å². The number of hydrogen-bond acceptors (Lipinski definition) is 2. The molecule has 24 heavy (non-hydrogen) atoms. The van der Waals surface area contributed by atoms with Crippen LogP contribution >= 0.6 is 0 Å². The molecule has 0 fully saturated rings. The summed E-state index contributed by atoms with van der Waals surface area (Å²) in [5.74, 6) is -0.535. The van der Waals surface area contributed by atoms with Gasteiger partial charge in [0, 0.05) is 5.69 Å². The normalized spacial score (nSPS) is 11.5. The van der Waals surface area contributed by atoms with Gasteiger partial charge in [0.1, 0.15) is 0 Å². The highest BCUT2D eigenvalue weighted by Crippen LogP contribution is 2.19. The van der Waals surface area contributed by atoms with E-state index in [9.17, 15) is 9.59 Å². The highest BCUT2D eigenvalue weighted by atomic mass is 16.2. The second-order valence-corrected chi connectivity index (χ2v) is 5.74. The van der Waals surface area contributed by atoms with E-state index in [0.29, 0.717) is 12.1 Å². The van der Waals surface area contributed by atoms with Gasteiger partial charge >= 0.3 is 6.03 Å². The molecule has 0 aromatic heterocycles. The molecule has 0 saturated heterocycles. The Hall–Kier alpha value is -2.82. The predicted molar refractivity (Wildman–Crippen MR) is 95.7 cm³/mol. The van der Waals surface area contributed by atoms with Gasteiger partial charge in [-0.3, -0.25) is 10.2 Å². The van der Waals surface area contributed by atoms with Crippen LogP contribution in [0.1, 0.15) is 36.0 Å². The first kappa shape index (κ1) is 17.5. The zero-order valence-electron chi connectivity index (χ0n) is 14.2. The summed E-state index contributed by atoms with van der Waals surface area (Å²) < 4.78 is 0. The first-order valence-electron chi connectivity index (χ1n) is 8.00. The van der Waals surface area contributed by atoms with Gasteiger partial charge in [0.2, 0.25) is 5.91 Å². The van der Waals surface area contributed by atoms with Crippen molar-refractivity contribution in [3.8, 4) is 0 Å². The number of anilines is 1. The molecule has 0 heterocycles. The van der Waals surface area contributed by atoms with E-state index < -0.39 is 6.03 Å². The van der Waals surface area contributed by atoms with Crippen LogP contribution in [0, 0.1) is 13.8 Å². The van der Waals surface area contributed by atoms with E-state index in [-0.39, 0.29) is 11.8 Å². The Morgan fingerprint density at radius 1 is 0.958 bits per heavy atom. The quantitative estimate of drug-likeness (QED) is 0.751. The second kappa shape index (κ2) is 8.15. The molecule has 3 amide bonds. The summed E-state index contributed by atoms with van der Waals surface area (Å²) in [4.78, 5) is 24.2. The topological polar surface area (TPSA) is 70.2 Å². The molecule has 0 unspecified atom stereocenters. The van der Waals surface area contributed by atoms with E-state index in [2.05, 4.69) is 16.2 Å². The van der Waals surface area contributed by atoms with Gasteiger partial charge < -0.3 is 5.32 Å². The molecule has 126 valence electrons.